The zero-order chi connectivity index (χ0) is 21.0. The molecular formula is C22H30N4O3S. The number of aromatic nitrogens is 1. The van der Waals surface area contributed by atoms with Crippen LogP contribution in [0.2, 0.25) is 0 Å². The van der Waals surface area contributed by atoms with Crippen molar-refractivity contribution in [3.05, 3.63) is 39.8 Å². The topological polar surface area (TPSA) is 77.0 Å². The molecule has 162 valence electrons. The van der Waals surface area contributed by atoms with Crippen LogP contribution in [0.5, 0.6) is 11.5 Å². The summed E-state index contributed by atoms with van der Waals surface area (Å²) in [6, 6.07) is 6.28. The molecule has 2 aliphatic heterocycles. The van der Waals surface area contributed by atoms with E-state index in [1.165, 1.54) is 5.56 Å². The number of nitrogens with zero attached hydrogens (tertiary/aromatic N) is 2. The molecule has 1 saturated heterocycles. The highest BCUT2D eigenvalue weighted by molar-refractivity contribution is 7.09. The van der Waals surface area contributed by atoms with Gasteiger partial charge in [0.05, 0.1) is 12.2 Å². The lowest BCUT2D eigenvalue weighted by Gasteiger charge is -2.38. The summed E-state index contributed by atoms with van der Waals surface area (Å²) in [4.78, 5) is 9.10. The molecule has 2 aromatic rings. The summed E-state index contributed by atoms with van der Waals surface area (Å²) in [5.41, 5.74) is 2.35. The average molecular weight is 431 g/mol. The molecule has 2 N–H and O–H groups in total. The SMILES string of the molecule is CN=C(NCc1nc(C(C)C)cs1)NCC1(c2ccc3c(c2)OCO3)CCOCC1. The van der Waals surface area contributed by atoms with Crippen LogP contribution < -0.4 is 20.1 Å². The first kappa shape index (κ1) is 20.9. The molecule has 0 unspecified atom stereocenters. The molecule has 3 heterocycles. The lowest BCUT2D eigenvalue weighted by atomic mass is 9.74. The number of rotatable bonds is 6. The quantitative estimate of drug-likeness (QED) is 0.540. The molecule has 8 heteroatoms. The van der Waals surface area contributed by atoms with E-state index in [2.05, 4.69) is 47.0 Å². The number of thiazole rings is 1. The Bertz CT molecular complexity index is 890. The number of ether oxygens (including phenoxy) is 3. The second-order valence-corrected chi connectivity index (χ2v) is 9.00. The van der Waals surface area contributed by atoms with Crippen LogP contribution in [-0.2, 0) is 16.7 Å². The predicted octanol–water partition coefficient (Wildman–Crippen LogP) is 3.41. The van der Waals surface area contributed by atoms with E-state index < -0.39 is 0 Å². The summed E-state index contributed by atoms with van der Waals surface area (Å²) in [5.74, 6) is 2.87. The number of hydrogen-bond donors (Lipinski definition) is 2. The van der Waals surface area contributed by atoms with Crippen LogP contribution in [-0.4, -0.2) is 44.5 Å². The van der Waals surface area contributed by atoms with Gasteiger partial charge in [-0.3, -0.25) is 4.99 Å². The van der Waals surface area contributed by atoms with Gasteiger partial charge < -0.3 is 24.8 Å². The first-order chi connectivity index (χ1) is 14.6. The third-order valence-corrected chi connectivity index (χ3v) is 6.69. The molecular weight excluding hydrogens is 400 g/mol. The van der Waals surface area contributed by atoms with Gasteiger partial charge in [-0.1, -0.05) is 19.9 Å². The first-order valence-electron chi connectivity index (χ1n) is 10.5. The molecule has 30 heavy (non-hydrogen) atoms. The van der Waals surface area contributed by atoms with Crippen LogP contribution in [0, 0.1) is 0 Å². The van der Waals surface area contributed by atoms with Gasteiger partial charge in [-0.15, -0.1) is 11.3 Å². The van der Waals surface area contributed by atoms with Gasteiger partial charge in [0, 0.05) is 37.6 Å². The number of aliphatic imine (C=N–C) groups is 1. The molecule has 1 fully saturated rings. The van der Waals surface area contributed by atoms with Crippen molar-refractivity contribution in [2.75, 3.05) is 33.6 Å². The lowest BCUT2D eigenvalue weighted by molar-refractivity contribution is 0.0513. The molecule has 0 radical (unpaired) electrons. The molecule has 0 saturated carbocycles. The second kappa shape index (κ2) is 9.22. The summed E-state index contributed by atoms with van der Waals surface area (Å²) in [5, 5.41) is 10.1. The maximum absolute atomic E-state index is 5.66. The van der Waals surface area contributed by atoms with Gasteiger partial charge in [0.25, 0.3) is 0 Å². The summed E-state index contributed by atoms with van der Waals surface area (Å²) >= 11 is 1.69. The number of guanidine groups is 1. The van der Waals surface area contributed by atoms with E-state index in [0.29, 0.717) is 19.3 Å². The van der Waals surface area contributed by atoms with E-state index in [4.69, 9.17) is 19.2 Å². The van der Waals surface area contributed by atoms with Crippen molar-refractivity contribution < 1.29 is 14.2 Å². The largest absolute Gasteiger partial charge is 0.454 e. The normalized spacial score (nSPS) is 17.9. The van der Waals surface area contributed by atoms with Crippen molar-refractivity contribution >= 4 is 17.3 Å². The summed E-state index contributed by atoms with van der Waals surface area (Å²) in [6.45, 7) is 7.55. The van der Waals surface area contributed by atoms with E-state index in [1.54, 1.807) is 18.4 Å². The summed E-state index contributed by atoms with van der Waals surface area (Å²) in [7, 11) is 1.80. The van der Waals surface area contributed by atoms with Crippen molar-refractivity contribution in [2.45, 2.75) is 44.6 Å². The van der Waals surface area contributed by atoms with Crippen molar-refractivity contribution in [1.82, 2.24) is 15.6 Å². The zero-order valence-electron chi connectivity index (χ0n) is 17.9. The monoisotopic (exact) mass is 430 g/mol. The fraction of sp³-hybridized carbons (Fsp3) is 0.545. The van der Waals surface area contributed by atoms with Crippen molar-refractivity contribution in [1.29, 1.82) is 0 Å². The standard InChI is InChI=1S/C22H30N4O3S/c1-15(2)17-12-30-20(26-17)11-24-21(23-3)25-13-22(6-8-27-9-7-22)16-4-5-18-19(10-16)29-14-28-18/h4-5,10,12,15H,6-9,11,13-14H2,1-3H3,(H2,23,24,25). The van der Waals surface area contributed by atoms with Crippen LogP contribution in [0.3, 0.4) is 0 Å². The predicted molar refractivity (Wildman–Crippen MR) is 119 cm³/mol. The fourth-order valence-electron chi connectivity index (χ4n) is 3.86. The first-order valence-corrected chi connectivity index (χ1v) is 11.3. The summed E-state index contributed by atoms with van der Waals surface area (Å²) in [6.07, 6.45) is 1.89. The molecule has 0 bridgehead atoms. The van der Waals surface area contributed by atoms with Crippen LogP contribution in [0.1, 0.15) is 48.9 Å². The molecule has 0 spiro atoms. The molecule has 0 atom stereocenters. The Balaban J connectivity index is 1.42. The lowest BCUT2D eigenvalue weighted by Crippen LogP contribution is -2.47. The third kappa shape index (κ3) is 4.54. The van der Waals surface area contributed by atoms with E-state index in [9.17, 15) is 0 Å². The number of benzene rings is 1. The minimum absolute atomic E-state index is 0.0388. The Morgan fingerprint density at radius 1 is 1.20 bits per heavy atom. The maximum Gasteiger partial charge on any atom is 0.231 e. The Kier molecular flexibility index (Phi) is 6.43. The van der Waals surface area contributed by atoms with Gasteiger partial charge in [0.1, 0.15) is 5.01 Å². The van der Waals surface area contributed by atoms with E-state index in [1.807, 2.05) is 6.07 Å². The Labute approximate surface area is 181 Å². The third-order valence-electron chi connectivity index (χ3n) is 5.82. The van der Waals surface area contributed by atoms with Gasteiger partial charge in [-0.05, 0) is 36.5 Å². The van der Waals surface area contributed by atoms with Crippen LogP contribution in [0.15, 0.2) is 28.6 Å². The number of hydrogen-bond acceptors (Lipinski definition) is 6. The van der Waals surface area contributed by atoms with Gasteiger partial charge >= 0.3 is 0 Å². The maximum atomic E-state index is 5.66. The average Bonchev–Trinajstić information content (AvgIpc) is 3.43. The Morgan fingerprint density at radius 2 is 2.00 bits per heavy atom. The Morgan fingerprint density at radius 3 is 2.73 bits per heavy atom. The number of fused-ring (bicyclic) bond motifs is 1. The van der Waals surface area contributed by atoms with E-state index in [0.717, 1.165) is 60.8 Å². The Hall–Kier alpha value is -2.32. The van der Waals surface area contributed by atoms with Gasteiger partial charge in [0.2, 0.25) is 6.79 Å². The molecule has 7 nitrogen and oxygen atoms in total. The highest BCUT2D eigenvalue weighted by Gasteiger charge is 2.35. The van der Waals surface area contributed by atoms with E-state index in [-0.39, 0.29) is 5.41 Å². The number of nitrogens with one attached hydrogen (secondary N) is 2. The van der Waals surface area contributed by atoms with Crippen molar-refractivity contribution in [3.63, 3.8) is 0 Å². The van der Waals surface area contributed by atoms with Crippen molar-refractivity contribution in [3.8, 4) is 11.5 Å². The fourth-order valence-corrected chi connectivity index (χ4v) is 4.76. The van der Waals surface area contributed by atoms with Crippen LogP contribution in [0.4, 0.5) is 0 Å². The highest BCUT2D eigenvalue weighted by Crippen LogP contribution is 2.40. The smallest absolute Gasteiger partial charge is 0.231 e. The molecule has 0 aliphatic carbocycles. The zero-order valence-corrected chi connectivity index (χ0v) is 18.7. The molecule has 0 amide bonds. The minimum Gasteiger partial charge on any atom is -0.454 e. The molecule has 2 aliphatic rings. The van der Waals surface area contributed by atoms with Gasteiger partial charge in [-0.25, -0.2) is 4.98 Å². The van der Waals surface area contributed by atoms with Gasteiger partial charge in [-0.2, -0.15) is 0 Å². The minimum atomic E-state index is -0.0388. The van der Waals surface area contributed by atoms with E-state index >= 15 is 0 Å². The molecule has 1 aromatic carbocycles. The van der Waals surface area contributed by atoms with Crippen LogP contribution >= 0.6 is 11.3 Å². The molecule has 1 aromatic heterocycles. The highest BCUT2D eigenvalue weighted by atomic mass is 32.1. The van der Waals surface area contributed by atoms with Crippen molar-refractivity contribution in [2.24, 2.45) is 4.99 Å². The second-order valence-electron chi connectivity index (χ2n) is 8.06. The summed E-state index contributed by atoms with van der Waals surface area (Å²) < 4.78 is 16.8. The van der Waals surface area contributed by atoms with Gasteiger partial charge in [0.15, 0.2) is 17.5 Å². The molecule has 4 rings (SSSR count). The van der Waals surface area contributed by atoms with Crippen LogP contribution in [0.25, 0.3) is 0 Å².